The molecule has 18 heavy (non-hydrogen) atoms. The Kier molecular flexibility index (Phi) is 4.33. The summed E-state index contributed by atoms with van der Waals surface area (Å²) in [5, 5.41) is 2.84. The van der Waals surface area contributed by atoms with Gasteiger partial charge in [-0.1, -0.05) is 22.4 Å². The second kappa shape index (κ2) is 5.61. The fourth-order valence-electron chi connectivity index (χ4n) is 2.03. The number of halogens is 2. The minimum atomic E-state index is -0.484. The molecular formula is C13H15BrFNOS. The first-order valence-electron chi connectivity index (χ1n) is 5.85. The zero-order valence-electron chi connectivity index (χ0n) is 10.1. The third-order valence-electron chi connectivity index (χ3n) is 3.44. The molecule has 1 amide bonds. The van der Waals surface area contributed by atoms with Crippen LogP contribution in [0.2, 0.25) is 0 Å². The molecule has 5 heteroatoms. The molecule has 0 heterocycles. The van der Waals surface area contributed by atoms with Gasteiger partial charge in [0.15, 0.2) is 0 Å². The van der Waals surface area contributed by atoms with Crippen molar-refractivity contribution in [3.8, 4) is 0 Å². The third kappa shape index (κ3) is 2.88. The molecule has 1 aliphatic rings. The Morgan fingerprint density at radius 3 is 2.83 bits per heavy atom. The summed E-state index contributed by atoms with van der Waals surface area (Å²) in [6, 6.07) is 4.39. The summed E-state index contributed by atoms with van der Waals surface area (Å²) in [5.41, 5.74) is 0.0972. The smallest absolute Gasteiger partial charge is 0.254 e. The minimum Gasteiger partial charge on any atom is -0.351 e. The topological polar surface area (TPSA) is 29.1 Å². The Hall–Kier alpha value is -0.550. The molecule has 98 valence electrons. The summed E-state index contributed by atoms with van der Waals surface area (Å²) in [6.07, 6.45) is 5.51. The Morgan fingerprint density at radius 2 is 2.28 bits per heavy atom. The van der Waals surface area contributed by atoms with E-state index in [1.54, 1.807) is 17.8 Å². The highest BCUT2D eigenvalue weighted by molar-refractivity contribution is 9.10. The summed E-state index contributed by atoms with van der Waals surface area (Å²) >= 11 is 5.03. The van der Waals surface area contributed by atoms with E-state index < -0.39 is 5.82 Å². The zero-order valence-corrected chi connectivity index (χ0v) is 12.5. The first kappa shape index (κ1) is 13.9. The normalized spacial score (nSPS) is 17.1. The second-order valence-electron chi connectivity index (χ2n) is 4.55. The van der Waals surface area contributed by atoms with Crippen LogP contribution in [0.15, 0.2) is 22.7 Å². The second-order valence-corrected chi connectivity index (χ2v) is 6.74. The molecule has 1 aromatic carbocycles. The highest BCUT2D eigenvalue weighted by Crippen LogP contribution is 2.42. The van der Waals surface area contributed by atoms with Gasteiger partial charge in [0.1, 0.15) is 5.82 Å². The van der Waals surface area contributed by atoms with Gasteiger partial charge >= 0.3 is 0 Å². The number of hydrogen-bond donors (Lipinski definition) is 1. The Bertz CT molecular complexity index is 457. The maximum absolute atomic E-state index is 13.5. The number of carbonyl (C=O) groups is 1. The highest BCUT2D eigenvalue weighted by atomic mass is 79.9. The van der Waals surface area contributed by atoms with Crippen molar-refractivity contribution >= 4 is 33.6 Å². The van der Waals surface area contributed by atoms with Gasteiger partial charge in [-0.05, 0) is 37.3 Å². The fourth-order valence-corrected chi connectivity index (χ4v) is 3.31. The molecule has 0 radical (unpaired) electrons. The number of nitrogens with one attached hydrogen (secondary N) is 1. The van der Waals surface area contributed by atoms with Crippen LogP contribution in [0.1, 0.15) is 29.6 Å². The first-order chi connectivity index (χ1) is 8.56. The molecule has 1 N–H and O–H groups in total. The van der Waals surface area contributed by atoms with Gasteiger partial charge in [-0.15, -0.1) is 0 Å². The molecule has 2 nitrogen and oxygen atoms in total. The van der Waals surface area contributed by atoms with Gasteiger partial charge in [-0.3, -0.25) is 4.79 Å². The lowest BCUT2D eigenvalue weighted by Crippen LogP contribution is -2.45. The SMILES string of the molecule is CSC1(CNC(=O)c2cc(Br)ccc2F)CCC1. The van der Waals surface area contributed by atoms with Crippen molar-refractivity contribution in [2.75, 3.05) is 12.8 Å². The molecule has 0 unspecified atom stereocenters. The minimum absolute atomic E-state index is 0.0972. The van der Waals surface area contributed by atoms with Gasteiger partial charge in [0.25, 0.3) is 5.91 Å². The van der Waals surface area contributed by atoms with Gasteiger partial charge in [0, 0.05) is 15.8 Å². The Morgan fingerprint density at radius 1 is 1.56 bits per heavy atom. The van der Waals surface area contributed by atoms with Gasteiger partial charge in [-0.25, -0.2) is 4.39 Å². The Balaban J connectivity index is 2.01. The summed E-state index contributed by atoms with van der Waals surface area (Å²) in [6.45, 7) is 0.610. The number of carbonyl (C=O) groups excluding carboxylic acids is 1. The van der Waals surface area contributed by atoms with Crippen LogP contribution in [0, 0.1) is 5.82 Å². The summed E-state index contributed by atoms with van der Waals surface area (Å²) in [5.74, 6) is -0.823. The highest BCUT2D eigenvalue weighted by Gasteiger charge is 2.36. The van der Waals surface area contributed by atoms with E-state index in [4.69, 9.17) is 0 Å². The third-order valence-corrected chi connectivity index (χ3v) is 5.35. The van der Waals surface area contributed by atoms with Crippen LogP contribution >= 0.6 is 27.7 Å². The molecule has 1 fully saturated rings. The quantitative estimate of drug-likeness (QED) is 0.913. The van der Waals surface area contributed by atoms with E-state index in [2.05, 4.69) is 27.5 Å². The standard InChI is InChI=1S/C13H15BrFNOS/c1-18-13(5-2-6-13)8-16-12(17)10-7-9(14)3-4-11(10)15/h3-4,7H,2,5-6,8H2,1H3,(H,16,17). The van der Waals surface area contributed by atoms with E-state index in [1.807, 2.05) is 0 Å². The van der Waals surface area contributed by atoms with Crippen LogP contribution in [-0.4, -0.2) is 23.5 Å². The maximum Gasteiger partial charge on any atom is 0.254 e. The van der Waals surface area contributed by atoms with Crippen molar-refractivity contribution < 1.29 is 9.18 Å². The molecule has 1 aromatic rings. The predicted molar refractivity (Wildman–Crippen MR) is 76.5 cm³/mol. The van der Waals surface area contributed by atoms with Crippen molar-refractivity contribution in [2.45, 2.75) is 24.0 Å². The first-order valence-corrected chi connectivity index (χ1v) is 7.86. The van der Waals surface area contributed by atoms with Crippen molar-refractivity contribution in [1.82, 2.24) is 5.32 Å². The number of thioether (sulfide) groups is 1. The number of hydrogen-bond acceptors (Lipinski definition) is 2. The van der Waals surface area contributed by atoms with E-state index in [9.17, 15) is 9.18 Å². The molecular weight excluding hydrogens is 317 g/mol. The van der Waals surface area contributed by atoms with Gasteiger partial charge in [-0.2, -0.15) is 11.8 Å². The van der Waals surface area contributed by atoms with Crippen LogP contribution in [0.4, 0.5) is 4.39 Å². The molecule has 2 rings (SSSR count). The number of benzene rings is 1. The van der Waals surface area contributed by atoms with Gasteiger partial charge in [0.2, 0.25) is 0 Å². The average Bonchev–Trinajstić information content (AvgIpc) is 2.31. The van der Waals surface area contributed by atoms with Crippen molar-refractivity contribution in [3.63, 3.8) is 0 Å². The molecule has 0 atom stereocenters. The summed E-state index contributed by atoms with van der Waals surface area (Å²) in [4.78, 5) is 11.9. The molecule has 1 aliphatic carbocycles. The predicted octanol–water partition coefficient (Wildman–Crippen LogP) is 3.60. The van der Waals surface area contributed by atoms with Crippen LogP contribution < -0.4 is 5.32 Å². The lowest BCUT2D eigenvalue weighted by Gasteiger charge is -2.40. The summed E-state index contributed by atoms with van der Waals surface area (Å²) in [7, 11) is 0. The van der Waals surface area contributed by atoms with Crippen LogP contribution in [0.3, 0.4) is 0 Å². The molecule has 0 bridgehead atoms. The van der Waals surface area contributed by atoms with Crippen molar-refractivity contribution in [1.29, 1.82) is 0 Å². The monoisotopic (exact) mass is 331 g/mol. The number of amides is 1. The van der Waals surface area contributed by atoms with E-state index in [0.717, 1.165) is 12.8 Å². The van der Waals surface area contributed by atoms with Crippen LogP contribution in [0.25, 0.3) is 0 Å². The van der Waals surface area contributed by atoms with Crippen LogP contribution in [-0.2, 0) is 0 Å². The lowest BCUT2D eigenvalue weighted by molar-refractivity contribution is 0.0940. The van der Waals surface area contributed by atoms with E-state index >= 15 is 0 Å². The van der Waals surface area contributed by atoms with Crippen molar-refractivity contribution in [2.24, 2.45) is 0 Å². The largest absolute Gasteiger partial charge is 0.351 e. The summed E-state index contributed by atoms with van der Waals surface area (Å²) < 4.78 is 14.4. The molecule has 1 saturated carbocycles. The molecule has 0 spiro atoms. The lowest BCUT2D eigenvalue weighted by atomic mass is 9.84. The van der Waals surface area contributed by atoms with E-state index in [1.165, 1.54) is 18.6 Å². The van der Waals surface area contributed by atoms with Gasteiger partial charge in [0.05, 0.1) is 5.56 Å². The van der Waals surface area contributed by atoms with Gasteiger partial charge < -0.3 is 5.32 Å². The number of rotatable bonds is 4. The molecule has 0 saturated heterocycles. The average molecular weight is 332 g/mol. The molecule has 0 aliphatic heterocycles. The van der Waals surface area contributed by atoms with Crippen molar-refractivity contribution in [3.05, 3.63) is 34.1 Å². The maximum atomic E-state index is 13.5. The van der Waals surface area contributed by atoms with E-state index in [-0.39, 0.29) is 16.2 Å². The zero-order chi connectivity index (χ0) is 13.2. The fraction of sp³-hybridized carbons (Fsp3) is 0.462. The molecule has 0 aromatic heterocycles. The Labute approximate surface area is 119 Å². The van der Waals surface area contributed by atoms with Crippen LogP contribution in [0.5, 0.6) is 0 Å². The van der Waals surface area contributed by atoms with E-state index in [0.29, 0.717) is 11.0 Å².